The molecule has 0 aliphatic carbocycles. The van der Waals surface area contributed by atoms with E-state index in [-0.39, 0.29) is 5.56 Å². The molecule has 7 heteroatoms. The Morgan fingerprint density at radius 1 is 1.21 bits per heavy atom. The van der Waals surface area contributed by atoms with Crippen LogP contribution in [0.25, 0.3) is 6.08 Å². The second kappa shape index (κ2) is 5.55. The highest BCUT2D eigenvalue weighted by atomic mass is 19.4. The molecule has 0 radical (unpaired) electrons. The molecular formula is C12H10F3NO3. The maximum atomic E-state index is 12.3. The smallest absolute Gasteiger partial charge is 0.416 e. The molecule has 0 heterocycles. The van der Waals surface area contributed by atoms with E-state index in [2.05, 4.69) is 5.32 Å². The number of hydrogen-bond donors (Lipinski definition) is 2. The van der Waals surface area contributed by atoms with Crippen molar-refractivity contribution in [2.24, 2.45) is 0 Å². The van der Waals surface area contributed by atoms with Crippen molar-refractivity contribution in [2.75, 3.05) is 0 Å². The second-order valence-corrected chi connectivity index (χ2v) is 3.66. The van der Waals surface area contributed by atoms with E-state index in [1.54, 1.807) is 0 Å². The fourth-order valence-corrected chi connectivity index (χ4v) is 1.28. The minimum atomic E-state index is -4.45. The van der Waals surface area contributed by atoms with Gasteiger partial charge in [-0.05, 0) is 23.8 Å². The van der Waals surface area contributed by atoms with Crippen molar-refractivity contribution in [1.82, 2.24) is 5.32 Å². The van der Waals surface area contributed by atoms with Crippen molar-refractivity contribution in [2.45, 2.75) is 13.1 Å². The maximum absolute atomic E-state index is 12.3. The summed E-state index contributed by atoms with van der Waals surface area (Å²) in [4.78, 5) is 21.6. The highest BCUT2D eigenvalue weighted by Crippen LogP contribution is 2.29. The highest BCUT2D eigenvalue weighted by Gasteiger charge is 2.29. The molecule has 0 fully saturated rings. The van der Waals surface area contributed by atoms with Crippen LogP contribution < -0.4 is 5.32 Å². The Hall–Kier alpha value is -2.31. The summed E-state index contributed by atoms with van der Waals surface area (Å²) in [6.45, 7) is 1.13. The molecule has 1 amide bonds. The summed E-state index contributed by atoms with van der Waals surface area (Å²) in [6, 6.07) is 3.90. The summed E-state index contributed by atoms with van der Waals surface area (Å²) in [5.41, 5.74) is -1.01. The second-order valence-electron chi connectivity index (χ2n) is 3.66. The first-order valence-electron chi connectivity index (χ1n) is 5.10. The first-order valence-corrected chi connectivity index (χ1v) is 5.10. The number of rotatable bonds is 3. The predicted molar refractivity (Wildman–Crippen MR) is 60.9 cm³/mol. The molecule has 0 unspecified atom stereocenters. The van der Waals surface area contributed by atoms with Gasteiger partial charge in [0.2, 0.25) is 5.91 Å². The highest BCUT2D eigenvalue weighted by molar-refractivity contribution is 5.96. The van der Waals surface area contributed by atoms with E-state index in [9.17, 15) is 22.8 Å². The third kappa shape index (κ3) is 4.46. The summed E-state index contributed by atoms with van der Waals surface area (Å²) < 4.78 is 36.9. The lowest BCUT2D eigenvalue weighted by molar-refractivity contribution is -0.137. The molecule has 0 atom stereocenters. The lowest BCUT2D eigenvalue weighted by Gasteiger charge is -2.07. The Morgan fingerprint density at radius 3 is 2.11 bits per heavy atom. The zero-order valence-corrected chi connectivity index (χ0v) is 9.78. The third-order valence-electron chi connectivity index (χ3n) is 2.09. The number of alkyl halides is 3. The first-order chi connectivity index (χ1) is 8.70. The molecule has 102 valence electrons. The van der Waals surface area contributed by atoms with Crippen LogP contribution in [0.1, 0.15) is 18.1 Å². The summed E-state index contributed by atoms with van der Waals surface area (Å²) in [5.74, 6) is -1.96. The number of carboxylic acid groups (broad SMARTS) is 1. The zero-order valence-electron chi connectivity index (χ0n) is 9.78. The van der Waals surface area contributed by atoms with Gasteiger partial charge in [0.05, 0.1) is 5.56 Å². The Labute approximate surface area is 106 Å². The van der Waals surface area contributed by atoms with Gasteiger partial charge >= 0.3 is 12.1 Å². The molecule has 4 nitrogen and oxygen atoms in total. The minimum absolute atomic E-state index is 0.235. The Morgan fingerprint density at radius 2 is 1.74 bits per heavy atom. The Balaban J connectivity index is 3.03. The molecular weight excluding hydrogens is 263 g/mol. The van der Waals surface area contributed by atoms with Gasteiger partial charge in [0, 0.05) is 6.92 Å². The molecule has 0 bridgehead atoms. The van der Waals surface area contributed by atoms with Gasteiger partial charge in [-0.2, -0.15) is 13.2 Å². The van der Waals surface area contributed by atoms with Crippen LogP contribution >= 0.6 is 0 Å². The van der Waals surface area contributed by atoms with Crippen molar-refractivity contribution in [3.63, 3.8) is 0 Å². The number of carbonyl (C=O) groups excluding carboxylic acids is 1. The number of aliphatic carboxylic acids is 1. The van der Waals surface area contributed by atoms with E-state index in [0.717, 1.165) is 37.3 Å². The van der Waals surface area contributed by atoms with Crippen LogP contribution in [0.15, 0.2) is 30.0 Å². The minimum Gasteiger partial charge on any atom is -0.477 e. The predicted octanol–water partition coefficient (Wildman–Crippen LogP) is 2.27. The van der Waals surface area contributed by atoms with Crippen molar-refractivity contribution in [3.05, 3.63) is 41.1 Å². The molecule has 0 saturated heterocycles. The van der Waals surface area contributed by atoms with Crippen LogP contribution in [0.4, 0.5) is 13.2 Å². The van der Waals surface area contributed by atoms with Crippen LogP contribution in [0.2, 0.25) is 0 Å². The zero-order chi connectivity index (χ0) is 14.6. The van der Waals surface area contributed by atoms with Crippen LogP contribution in [0.5, 0.6) is 0 Å². The van der Waals surface area contributed by atoms with Crippen LogP contribution in [-0.2, 0) is 15.8 Å². The van der Waals surface area contributed by atoms with Crippen molar-refractivity contribution in [1.29, 1.82) is 0 Å². The van der Waals surface area contributed by atoms with E-state index >= 15 is 0 Å². The van der Waals surface area contributed by atoms with Crippen LogP contribution in [0, 0.1) is 0 Å². The molecule has 19 heavy (non-hydrogen) atoms. The molecule has 0 aliphatic heterocycles. The normalized spacial score (nSPS) is 12.1. The van der Waals surface area contributed by atoms with E-state index in [1.165, 1.54) is 0 Å². The number of carbonyl (C=O) groups is 2. The van der Waals surface area contributed by atoms with Crippen molar-refractivity contribution in [3.8, 4) is 0 Å². The molecule has 0 saturated carbocycles. The topological polar surface area (TPSA) is 66.4 Å². The largest absolute Gasteiger partial charge is 0.477 e. The summed E-state index contributed by atoms with van der Waals surface area (Å²) in [5, 5.41) is 10.9. The number of halogens is 3. The van der Waals surface area contributed by atoms with E-state index < -0.39 is 29.3 Å². The lowest BCUT2D eigenvalue weighted by Crippen LogP contribution is -2.24. The maximum Gasteiger partial charge on any atom is 0.416 e. The van der Waals surface area contributed by atoms with E-state index in [1.807, 2.05) is 0 Å². The molecule has 1 rings (SSSR count). The van der Waals surface area contributed by atoms with Gasteiger partial charge < -0.3 is 10.4 Å². The average Bonchev–Trinajstić information content (AvgIpc) is 2.27. The Bertz CT molecular complexity index is 518. The average molecular weight is 273 g/mol. The number of benzene rings is 1. The number of hydrogen-bond acceptors (Lipinski definition) is 2. The number of amides is 1. The first kappa shape index (κ1) is 14.7. The number of nitrogens with one attached hydrogen (secondary N) is 1. The van der Waals surface area contributed by atoms with E-state index in [0.29, 0.717) is 0 Å². The molecule has 1 aromatic carbocycles. The van der Waals surface area contributed by atoms with Crippen LogP contribution in [0.3, 0.4) is 0 Å². The van der Waals surface area contributed by atoms with Crippen LogP contribution in [-0.4, -0.2) is 17.0 Å². The van der Waals surface area contributed by atoms with Gasteiger partial charge in [-0.1, -0.05) is 12.1 Å². The van der Waals surface area contributed by atoms with Gasteiger partial charge in [0.25, 0.3) is 0 Å². The SMILES string of the molecule is CC(=O)N/C(=C/c1ccc(C(F)(F)F)cc1)C(=O)O. The summed E-state index contributed by atoms with van der Waals surface area (Å²) in [6.07, 6.45) is -3.38. The summed E-state index contributed by atoms with van der Waals surface area (Å²) in [7, 11) is 0. The lowest BCUT2D eigenvalue weighted by atomic mass is 10.1. The molecule has 0 aromatic heterocycles. The third-order valence-corrected chi connectivity index (χ3v) is 2.09. The fourth-order valence-electron chi connectivity index (χ4n) is 1.28. The van der Waals surface area contributed by atoms with Crippen molar-refractivity contribution >= 4 is 18.0 Å². The van der Waals surface area contributed by atoms with Gasteiger partial charge in [0.1, 0.15) is 5.70 Å². The van der Waals surface area contributed by atoms with Gasteiger partial charge in [-0.15, -0.1) is 0 Å². The molecule has 2 N–H and O–H groups in total. The quantitative estimate of drug-likeness (QED) is 0.830. The molecule has 1 aromatic rings. The monoisotopic (exact) mass is 273 g/mol. The molecule has 0 aliphatic rings. The summed E-state index contributed by atoms with van der Waals surface area (Å²) >= 11 is 0. The van der Waals surface area contributed by atoms with E-state index in [4.69, 9.17) is 5.11 Å². The van der Waals surface area contributed by atoms with Gasteiger partial charge in [-0.3, -0.25) is 4.79 Å². The van der Waals surface area contributed by atoms with Crippen molar-refractivity contribution < 1.29 is 27.9 Å². The standard InChI is InChI=1S/C12H10F3NO3/c1-7(17)16-10(11(18)19)6-8-2-4-9(5-3-8)12(13,14)15/h2-6H,1H3,(H,16,17)(H,18,19)/b10-6+. The number of carboxylic acids is 1. The Kier molecular flexibility index (Phi) is 4.31. The molecule has 0 spiro atoms. The van der Waals surface area contributed by atoms with Gasteiger partial charge in [-0.25, -0.2) is 4.79 Å². The fraction of sp³-hybridized carbons (Fsp3) is 0.167. The van der Waals surface area contributed by atoms with Gasteiger partial charge in [0.15, 0.2) is 0 Å².